The molecule has 9 heteroatoms. The van der Waals surface area contributed by atoms with Gasteiger partial charge < -0.3 is 14.9 Å². The summed E-state index contributed by atoms with van der Waals surface area (Å²) in [6, 6.07) is 14.4. The van der Waals surface area contributed by atoms with Crippen molar-refractivity contribution in [1.82, 2.24) is 5.32 Å². The summed E-state index contributed by atoms with van der Waals surface area (Å²) in [5.41, 5.74) is 0.606. The quantitative estimate of drug-likeness (QED) is 0.495. The number of carboxylic acids is 2. The van der Waals surface area contributed by atoms with Crippen LogP contribution in [-0.4, -0.2) is 47.1 Å². The first-order chi connectivity index (χ1) is 16.3. The van der Waals surface area contributed by atoms with E-state index in [-0.39, 0.29) is 11.3 Å². The molecule has 0 unspecified atom stereocenters. The fourth-order valence-corrected chi connectivity index (χ4v) is 5.11. The van der Waals surface area contributed by atoms with Gasteiger partial charge in [0.2, 0.25) is 11.8 Å². The van der Waals surface area contributed by atoms with E-state index in [2.05, 4.69) is 5.32 Å². The van der Waals surface area contributed by atoms with Crippen LogP contribution < -0.4 is 15.0 Å². The average Bonchev–Trinajstić information content (AvgIpc) is 3.35. The molecule has 2 aliphatic rings. The third-order valence-corrected chi connectivity index (χ3v) is 6.55. The number of imide groups is 1. The molecule has 172 valence electrons. The smallest absolute Gasteiger partial charge is 0.335 e. The molecule has 2 saturated heterocycles. The number of carboxylic acid groups (broad SMARTS) is 2. The zero-order valence-corrected chi connectivity index (χ0v) is 18.0. The molecular formula is C25H20N2O7. The van der Waals surface area contributed by atoms with Crippen molar-refractivity contribution in [2.24, 2.45) is 11.8 Å². The van der Waals surface area contributed by atoms with Crippen molar-refractivity contribution in [3.05, 3.63) is 71.8 Å². The maximum absolute atomic E-state index is 13.7. The minimum atomic E-state index is -1.30. The number of amides is 2. The lowest BCUT2D eigenvalue weighted by Crippen LogP contribution is -2.43. The molecule has 2 amide bonds. The monoisotopic (exact) mass is 460 g/mol. The second-order valence-corrected chi connectivity index (χ2v) is 8.28. The van der Waals surface area contributed by atoms with E-state index >= 15 is 0 Å². The number of anilines is 1. The molecule has 0 radical (unpaired) electrons. The van der Waals surface area contributed by atoms with Crippen LogP contribution in [0.25, 0.3) is 10.8 Å². The maximum Gasteiger partial charge on any atom is 0.335 e. The molecule has 2 heterocycles. The van der Waals surface area contributed by atoms with Crippen molar-refractivity contribution >= 4 is 40.2 Å². The number of hydrogen-bond donors (Lipinski definition) is 3. The minimum Gasteiger partial charge on any atom is -0.496 e. The van der Waals surface area contributed by atoms with Gasteiger partial charge in [-0.05, 0) is 35.0 Å². The van der Waals surface area contributed by atoms with E-state index in [1.165, 1.54) is 31.4 Å². The van der Waals surface area contributed by atoms with Crippen LogP contribution in [0.2, 0.25) is 0 Å². The molecule has 0 aliphatic carbocycles. The number of hydrogen-bond acceptors (Lipinski definition) is 6. The summed E-state index contributed by atoms with van der Waals surface area (Å²) in [7, 11) is 1.49. The summed E-state index contributed by atoms with van der Waals surface area (Å²) in [4.78, 5) is 51.5. The molecule has 3 N–H and O–H groups in total. The van der Waals surface area contributed by atoms with Gasteiger partial charge in [-0.1, -0.05) is 36.4 Å². The predicted octanol–water partition coefficient (Wildman–Crippen LogP) is 2.45. The highest BCUT2D eigenvalue weighted by Crippen LogP contribution is 2.49. The number of benzene rings is 3. The van der Waals surface area contributed by atoms with Gasteiger partial charge in [-0.2, -0.15) is 0 Å². The van der Waals surface area contributed by atoms with Gasteiger partial charge in [0.05, 0.1) is 30.2 Å². The highest BCUT2D eigenvalue weighted by Gasteiger charge is 2.62. The van der Waals surface area contributed by atoms with Crippen LogP contribution in [0.1, 0.15) is 22.0 Å². The zero-order chi connectivity index (χ0) is 24.1. The topological polar surface area (TPSA) is 133 Å². The number of ether oxygens (including phenoxy) is 1. The first-order valence-electron chi connectivity index (χ1n) is 10.6. The first-order valence-corrected chi connectivity index (χ1v) is 10.6. The van der Waals surface area contributed by atoms with Gasteiger partial charge in [-0.15, -0.1) is 0 Å². The standard InChI is InChI=1S/C25H20N2O7/c1-34-16-10-9-12-5-2-3-8-15(12)17(16)20-18-19(21(26-20)25(32)33)23(29)27(22(18)28)14-7-4-6-13(11-14)24(30)31/h2-11,18-21,26H,1H3,(H,30,31)(H,32,33)/t18-,19+,20+,21+/m1/s1. The minimum absolute atomic E-state index is 0.0876. The lowest BCUT2D eigenvalue weighted by molar-refractivity contribution is -0.142. The highest BCUT2D eigenvalue weighted by atomic mass is 16.5. The second kappa shape index (κ2) is 7.96. The molecule has 9 nitrogen and oxygen atoms in total. The Bertz CT molecular complexity index is 1370. The van der Waals surface area contributed by atoms with Crippen LogP contribution in [0.3, 0.4) is 0 Å². The van der Waals surface area contributed by atoms with Crippen molar-refractivity contribution in [3.8, 4) is 5.75 Å². The Kier molecular flexibility index (Phi) is 5.06. The number of aliphatic carboxylic acids is 1. The van der Waals surface area contributed by atoms with Crippen LogP contribution >= 0.6 is 0 Å². The van der Waals surface area contributed by atoms with Gasteiger partial charge in [0.15, 0.2) is 0 Å². The third kappa shape index (κ3) is 3.12. The molecule has 34 heavy (non-hydrogen) atoms. The summed E-state index contributed by atoms with van der Waals surface area (Å²) in [6.45, 7) is 0. The normalized spacial score (nSPS) is 23.9. The van der Waals surface area contributed by atoms with Crippen LogP contribution in [0.4, 0.5) is 5.69 Å². The van der Waals surface area contributed by atoms with Crippen molar-refractivity contribution < 1.29 is 34.1 Å². The Labute approximate surface area is 193 Å². The summed E-state index contributed by atoms with van der Waals surface area (Å²) in [5.74, 6) is -5.43. The van der Waals surface area contributed by atoms with Crippen molar-refractivity contribution in [3.63, 3.8) is 0 Å². The molecule has 0 bridgehead atoms. The van der Waals surface area contributed by atoms with Gasteiger partial charge in [0.1, 0.15) is 11.8 Å². The Morgan fingerprint density at radius 1 is 0.941 bits per heavy atom. The predicted molar refractivity (Wildman–Crippen MR) is 121 cm³/mol. The fraction of sp³-hybridized carbons (Fsp3) is 0.200. The van der Waals surface area contributed by atoms with E-state index in [9.17, 15) is 29.4 Å². The molecule has 2 aliphatic heterocycles. The van der Waals surface area contributed by atoms with Crippen LogP contribution in [0.5, 0.6) is 5.75 Å². The highest BCUT2D eigenvalue weighted by molar-refractivity contribution is 6.24. The lowest BCUT2D eigenvalue weighted by atomic mass is 9.84. The van der Waals surface area contributed by atoms with Crippen LogP contribution in [0.15, 0.2) is 60.7 Å². The number of rotatable bonds is 5. The van der Waals surface area contributed by atoms with E-state index in [0.29, 0.717) is 11.3 Å². The zero-order valence-electron chi connectivity index (χ0n) is 18.0. The van der Waals surface area contributed by atoms with Gasteiger partial charge in [0, 0.05) is 11.6 Å². The van der Waals surface area contributed by atoms with E-state index in [1.807, 2.05) is 30.3 Å². The van der Waals surface area contributed by atoms with Gasteiger partial charge >= 0.3 is 11.9 Å². The number of fused-ring (bicyclic) bond motifs is 2. The Hall–Kier alpha value is -4.24. The summed E-state index contributed by atoms with van der Waals surface area (Å²) >= 11 is 0. The second-order valence-electron chi connectivity index (χ2n) is 8.28. The molecule has 0 aromatic heterocycles. The fourth-order valence-electron chi connectivity index (χ4n) is 5.11. The summed E-state index contributed by atoms with van der Waals surface area (Å²) in [6.07, 6.45) is 0. The van der Waals surface area contributed by atoms with Crippen LogP contribution in [-0.2, 0) is 14.4 Å². The van der Waals surface area contributed by atoms with Gasteiger partial charge in [-0.25, -0.2) is 9.69 Å². The largest absolute Gasteiger partial charge is 0.496 e. The molecule has 3 aromatic carbocycles. The Morgan fingerprint density at radius 2 is 1.68 bits per heavy atom. The number of carbonyl (C=O) groups is 4. The van der Waals surface area contributed by atoms with Crippen molar-refractivity contribution in [2.45, 2.75) is 12.1 Å². The number of nitrogens with zero attached hydrogens (tertiary/aromatic N) is 1. The molecule has 0 spiro atoms. The van der Waals surface area contributed by atoms with E-state index in [1.54, 1.807) is 6.07 Å². The molecule has 4 atom stereocenters. The SMILES string of the molecule is COc1ccc2ccccc2c1[C@@H]1N[C@H](C(=O)O)[C@H]2C(=O)N(c3cccc(C(=O)O)c3)C(=O)[C@H]21. The first kappa shape index (κ1) is 21.6. The number of methoxy groups -OCH3 is 1. The van der Waals surface area contributed by atoms with E-state index in [0.717, 1.165) is 15.7 Å². The number of carbonyl (C=O) groups excluding carboxylic acids is 2. The van der Waals surface area contributed by atoms with Crippen molar-refractivity contribution in [2.75, 3.05) is 12.0 Å². The molecule has 2 fully saturated rings. The maximum atomic E-state index is 13.7. The van der Waals surface area contributed by atoms with Gasteiger partial charge in [0.25, 0.3) is 0 Å². The Balaban J connectivity index is 1.67. The molecule has 3 aromatic rings. The van der Waals surface area contributed by atoms with Gasteiger partial charge in [-0.3, -0.25) is 19.7 Å². The van der Waals surface area contributed by atoms with Crippen LogP contribution in [0, 0.1) is 11.8 Å². The third-order valence-electron chi connectivity index (χ3n) is 6.55. The number of nitrogens with one attached hydrogen (secondary N) is 1. The Morgan fingerprint density at radius 3 is 2.38 bits per heavy atom. The lowest BCUT2D eigenvalue weighted by Gasteiger charge is -2.24. The summed E-state index contributed by atoms with van der Waals surface area (Å²) in [5, 5.41) is 23.9. The molecular weight excluding hydrogens is 440 g/mol. The molecule has 0 saturated carbocycles. The molecule has 5 rings (SSSR count). The van der Waals surface area contributed by atoms with E-state index < -0.39 is 47.7 Å². The van der Waals surface area contributed by atoms with Crippen molar-refractivity contribution in [1.29, 1.82) is 0 Å². The van der Waals surface area contributed by atoms with E-state index in [4.69, 9.17) is 4.74 Å². The average molecular weight is 460 g/mol. The summed E-state index contributed by atoms with van der Waals surface area (Å²) < 4.78 is 5.56. The number of aromatic carboxylic acids is 1.